The first-order valence-electron chi connectivity index (χ1n) is 11.4. The fourth-order valence-electron chi connectivity index (χ4n) is 4.31. The summed E-state index contributed by atoms with van der Waals surface area (Å²) in [4.78, 5) is 40.7. The summed E-state index contributed by atoms with van der Waals surface area (Å²) in [5.74, 6) is -1.74. The van der Waals surface area contributed by atoms with Crippen LogP contribution >= 0.6 is 11.5 Å². The average Bonchev–Trinajstić information content (AvgIpc) is 3.25. The Morgan fingerprint density at radius 1 is 1.03 bits per heavy atom. The van der Waals surface area contributed by atoms with Crippen molar-refractivity contribution in [2.45, 2.75) is 44.2 Å². The van der Waals surface area contributed by atoms with Crippen molar-refractivity contribution in [2.75, 3.05) is 10.6 Å². The Balaban J connectivity index is 1.81. The Labute approximate surface area is 206 Å². The number of hydrogen-bond donors (Lipinski definition) is 4. The molecule has 0 saturated heterocycles. The number of phenols is 1. The van der Waals surface area contributed by atoms with Crippen molar-refractivity contribution in [1.29, 1.82) is 0 Å². The number of phenolic OH excluding ortho intramolecular Hbond substituents is 1. The van der Waals surface area contributed by atoms with Crippen molar-refractivity contribution in [3.63, 3.8) is 0 Å². The third-order valence-electron chi connectivity index (χ3n) is 6.08. The summed E-state index contributed by atoms with van der Waals surface area (Å²) in [7, 11) is 0. The van der Waals surface area contributed by atoms with Gasteiger partial charge in [0.05, 0.1) is 5.69 Å². The number of nitrogens with zero attached hydrogens (tertiary/aromatic N) is 2. The number of aromatic hydroxyl groups is 1. The second kappa shape index (κ2) is 10.6. The number of amides is 3. The molecule has 1 atom stereocenters. The molecular formula is C25H27N5O4S. The maximum absolute atomic E-state index is 13.9. The third kappa shape index (κ3) is 5.27. The maximum atomic E-state index is 13.9. The van der Waals surface area contributed by atoms with E-state index in [9.17, 15) is 19.5 Å². The zero-order valence-electron chi connectivity index (χ0n) is 19.0. The lowest BCUT2D eigenvalue weighted by Gasteiger charge is -2.33. The van der Waals surface area contributed by atoms with E-state index in [4.69, 9.17) is 11.5 Å². The van der Waals surface area contributed by atoms with Crippen LogP contribution in [-0.2, 0) is 4.79 Å². The number of nitrogens with one attached hydrogen (secondary N) is 1. The van der Waals surface area contributed by atoms with Crippen molar-refractivity contribution < 1.29 is 19.5 Å². The second-order valence-corrected chi connectivity index (χ2v) is 9.26. The van der Waals surface area contributed by atoms with Crippen LogP contribution in [0.25, 0.3) is 0 Å². The highest BCUT2D eigenvalue weighted by Gasteiger charge is 2.36. The molecule has 182 valence electrons. The third-order valence-corrected chi connectivity index (χ3v) is 6.93. The van der Waals surface area contributed by atoms with Crippen LogP contribution in [0.3, 0.4) is 0 Å². The summed E-state index contributed by atoms with van der Waals surface area (Å²) in [5.41, 5.74) is 12.1. The van der Waals surface area contributed by atoms with Gasteiger partial charge in [0.1, 0.15) is 16.7 Å². The van der Waals surface area contributed by atoms with E-state index in [1.807, 2.05) is 0 Å². The van der Waals surface area contributed by atoms with Crippen molar-refractivity contribution in [3.05, 3.63) is 70.7 Å². The molecule has 0 radical (unpaired) electrons. The van der Waals surface area contributed by atoms with Crippen LogP contribution in [0.5, 0.6) is 5.75 Å². The van der Waals surface area contributed by atoms with Crippen LogP contribution in [0, 0.1) is 0 Å². The normalized spacial score (nSPS) is 14.7. The van der Waals surface area contributed by atoms with Gasteiger partial charge in [0.15, 0.2) is 5.69 Å². The predicted octanol–water partition coefficient (Wildman–Crippen LogP) is 3.37. The Morgan fingerprint density at radius 3 is 2.29 bits per heavy atom. The molecule has 1 fully saturated rings. The monoisotopic (exact) mass is 493 g/mol. The number of rotatable bonds is 7. The van der Waals surface area contributed by atoms with Crippen molar-refractivity contribution in [2.24, 2.45) is 5.73 Å². The van der Waals surface area contributed by atoms with Crippen LogP contribution < -0.4 is 21.7 Å². The summed E-state index contributed by atoms with van der Waals surface area (Å²) < 4.78 is 3.96. The molecule has 6 N–H and O–H groups in total. The van der Waals surface area contributed by atoms with Gasteiger partial charge in [-0.25, -0.2) is 0 Å². The number of aromatic nitrogens is 1. The molecule has 3 amide bonds. The van der Waals surface area contributed by atoms with Crippen LogP contribution in [-0.4, -0.2) is 33.2 Å². The second-order valence-electron chi connectivity index (χ2n) is 8.49. The fraction of sp³-hybridized carbons (Fsp3) is 0.280. The molecule has 3 aromatic rings. The first kappa shape index (κ1) is 24.2. The summed E-state index contributed by atoms with van der Waals surface area (Å²) in [6, 6.07) is 13.8. The van der Waals surface area contributed by atoms with E-state index in [1.54, 1.807) is 42.5 Å². The minimum atomic E-state index is -1.06. The van der Waals surface area contributed by atoms with Crippen molar-refractivity contribution in [1.82, 2.24) is 9.69 Å². The zero-order valence-corrected chi connectivity index (χ0v) is 19.8. The number of carbonyl (C=O) groups is 3. The standard InChI is InChI=1S/C25H27N5O4S/c26-19-20(23(27)32)29-35-22(19)25(34)30(17-9-5-2-6-10-17)21(15-11-13-18(31)14-12-15)24(33)28-16-7-3-1-4-8-16/h2,5-6,9-14,16,21,31H,1,3-4,7-8,26H2,(H2,27,32)(H,28,33)/t21-/m1/s1. The van der Waals surface area contributed by atoms with Gasteiger partial charge in [0.25, 0.3) is 11.8 Å². The van der Waals surface area contributed by atoms with Gasteiger partial charge in [0.2, 0.25) is 5.91 Å². The molecule has 0 spiro atoms. The first-order valence-corrected chi connectivity index (χ1v) is 12.2. The van der Waals surface area contributed by atoms with E-state index in [2.05, 4.69) is 9.69 Å². The minimum Gasteiger partial charge on any atom is -0.508 e. The highest BCUT2D eigenvalue weighted by atomic mass is 32.1. The Kier molecular flexibility index (Phi) is 7.31. The SMILES string of the molecule is NC(=O)c1nsc(C(=O)N(c2ccccc2)[C@@H](C(=O)NC2CCCCC2)c2ccc(O)cc2)c1N. The number of benzene rings is 2. The Bertz CT molecular complexity index is 1210. The van der Waals surface area contributed by atoms with Gasteiger partial charge in [-0.3, -0.25) is 19.3 Å². The first-order chi connectivity index (χ1) is 16.9. The Morgan fingerprint density at radius 2 is 1.69 bits per heavy atom. The molecule has 4 rings (SSSR count). The van der Waals surface area contributed by atoms with E-state index in [-0.39, 0.29) is 34.0 Å². The smallest absolute Gasteiger partial charge is 0.273 e. The summed E-state index contributed by atoms with van der Waals surface area (Å²) >= 11 is 0.759. The van der Waals surface area contributed by atoms with E-state index >= 15 is 0 Å². The predicted molar refractivity (Wildman–Crippen MR) is 134 cm³/mol. The molecule has 0 unspecified atom stereocenters. The lowest BCUT2D eigenvalue weighted by molar-refractivity contribution is -0.123. The lowest BCUT2D eigenvalue weighted by atomic mass is 9.94. The summed E-state index contributed by atoms with van der Waals surface area (Å²) in [6.45, 7) is 0. The number of hydrogen-bond acceptors (Lipinski definition) is 7. The van der Waals surface area contributed by atoms with Crippen LogP contribution in [0.1, 0.15) is 63.9 Å². The van der Waals surface area contributed by atoms with E-state index < -0.39 is 17.9 Å². The molecule has 1 aliphatic carbocycles. The quantitative estimate of drug-likeness (QED) is 0.396. The maximum Gasteiger partial charge on any atom is 0.273 e. The highest BCUT2D eigenvalue weighted by molar-refractivity contribution is 7.09. The molecule has 0 aliphatic heterocycles. The van der Waals surface area contributed by atoms with Gasteiger partial charge in [0, 0.05) is 11.7 Å². The molecule has 2 aromatic carbocycles. The lowest BCUT2D eigenvalue weighted by Crippen LogP contribution is -2.47. The topological polar surface area (TPSA) is 152 Å². The summed E-state index contributed by atoms with van der Waals surface area (Å²) in [6.07, 6.45) is 4.94. The van der Waals surface area contributed by atoms with E-state index in [0.29, 0.717) is 11.3 Å². The summed E-state index contributed by atoms with van der Waals surface area (Å²) in [5, 5.41) is 12.9. The molecule has 1 aromatic heterocycles. The van der Waals surface area contributed by atoms with Gasteiger partial charge < -0.3 is 21.9 Å². The molecule has 0 bridgehead atoms. The van der Waals surface area contributed by atoms with Gasteiger partial charge in [-0.15, -0.1) is 0 Å². The average molecular weight is 494 g/mol. The fourth-order valence-corrected chi connectivity index (χ4v) is 5.05. The number of anilines is 2. The van der Waals surface area contributed by atoms with E-state index in [0.717, 1.165) is 43.6 Å². The van der Waals surface area contributed by atoms with Gasteiger partial charge in [-0.1, -0.05) is 49.6 Å². The molecule has 9 nitrogen and oxygen atoms in total. The van der Waals surface area contributed by atoms with Gasteiger partial charge >= 0.3 is 0 Å². The number of nitrogen functional groups attached to an aromatic ring is 1. The van der Waals surface area contributed by atoms with Crippen molar-refractivity contribution >= 4 is 40.6 Å². The molecule has 35 heavy (non-hydrogen) atoms. The number of para-hydroxylation sites is 1. The van der Waals surface area contributed by atoms with Crippen LogP contribution in [0.2, 0.25) is 0 Å². The highest BCUT2D eigenvalue weighted by Crippen LogP contribution is 2.34. The van der Waals surface area contributed by atoms with Gasteiger partial charge in [-0.05, 0) is 54.2 Å². The molecule has 1 heterocycles. The van der Waals surface area contributed by atoms with E-state index in [1.165, 1.54) is 17.0 Å². The van der Waals surface area contributed by atoms with Crippen LogP contribution in [0.15, 0.2) is 54.6 Å². The van der Waals surface area contributed by atoms with Crippen molar-refractivity contribution in [3.8, 4) is 5.75 Å². The van der Waals surface area contributed by atoms with Crippen LogP contribution in [0.4, 0.5) is 11.4 Å². The minimum absolute atomic E-state index is 0.0110. The molecule has 10 heteroatoms. The number of carbonyl (C=O) groups excluding carboxylic acids is 3. The largest absolute Gasteiger partial charge is 0.508 e. The number of nitrogens with two attached hydrogens (primary N) is 2. The molecule has 1 aliphatic rings. The molecule has 1 saturated carbocycles. The molecular weight excluding hydrogens is 466 g/mol. The van der Waals surface area contributed by atoms with Gasteiger partial charge in [-0.2, -0.15) is 4.37 Å². The Hall–Kier alpha value is -3.92. The zero-order chi connectivity index (χ0) is 24.9. The number of primary amides is 1.